The van der Waals surface area contributed by atoms with Gasteiger partial charge in [0, 0.05) is 38.4 Å². The molecule has 10 heteroatoms. The lowest BCUT2D eigenvalue weighted by Gasteiger charge is -2.36. The average molecular weight is 609 g/mol. The first-order chi connectivity index (χ1) is 20.3. The lowest BCUT2D eigenvalue weighted by Crippen LogP contribution is -2.42. The highest BCUT2D eigenvalue weighted by atomic mass is 19.4. The van der Waals surface area contributed by atoms with Crippen molar-refractivity contribution in [1.29, 1.82) is 0 Å². The van der Waals surface area contributed by atoms with Crippen LogP contribution >= 0.6 is 0 Å². The molecule has 5 nitrogen and oxygen atoms in total. The van der Waals surface area contributed by atoms with Crippen LogP contribution in [0.25, 0.3) is 0 Å². The Morgan fingerprint density at radius 1 is 0.977 bits per heavy atom. The molecule has 0 bridgehead atoms. The molecule has 0 aromatic heterocycles. The topological polar surface area (TPSA) is 53.0 Å². The Balaban J connectivity index is 1.16. The number of alkyl halides is 5. The second-order valence-corrected chi connectivity index (χ2v) is 12.9. The Morgan fingerprint density at radius 2 is 1.67 bits per heavy atom. The van der Waals surface area contributed by atoms with E-state index in [9.17, 15) is 31.9 Å². The summed E-state index contributed by atoms with van der Waals surface area (Å²) in [4.78, 5) is 16.7. The van der Waals surface area contributed by atoms with Crippen LogP contribution in [0, 0.1) is 24.7 Å². The molecule has 0 spiro atoms. The van der Waals surface area contributed by atoms with Crippen molar-refractivity contribution in [2.24, 2.45) is 17.8 Å². The third-order valence-electron chi connectivity index (χ3n) is 9.33. The molecule has 3 atom stereocenters. The predicted molar refractivity (Wildman–Crippen MR) is 153 cm³/mol. The Hall–Kier alpha value is -2.72. The number of rotatable bonds is 12. The number of aryl methyl sites for hydroxylation is 1. The fourth-order valence-corrected chi connectivity index (χ4v) is 7.00. The van der Waals surface area contributed by atoms with Gasteiger partial charge < -0.3 is 14.7 Å². The summed E-state index contributed by atoms with van der Waals surface area (Å²) >= 11 is 0. The van der Waals surface area contributed by atoms with Gasteiger partial charge in [-0.05, 0) is 80.3 Å². The van der Waals surface area contributed by atoms with E-state index < -0.39 is 36.5 Å². The van der Waals surface area contributed by atoms with Gasteiger partial charge in [-0.2, -0.15) is 0 Å². The number of nitrogens with zero attached hydrogens (tertiary/aromatic N) is 2. The maximum atomic E-state index is 15.0. The van der Waals surface area contributed by atoms with E-state index in [-0.39, 0.29) is 29.7 Å². The molecule has 5 rings (SSSR count). The zero-order valence-electron chi connectivity index (χ0n) is 24.5. The predicted octanol–water partition coefficient (Wildman–Crippen LogP) is 7.14. The quantitative estimate of drug-likeness (QED) is 0.260. The zero-order chi connectivity index (χ0) is 30.8. The van der Waals surface area contributed by atoms with Crippen LogP contribution in [0.2, 0.25) is 0 Å². The highest BCUT2D eigenvalue weighted by Gasteiger charge is 2.42. The van der Waals surface area contributed by atoms with Crippen molar-refractivity contribution in [1.82, 2.24) is 9.80 Å². The second-order valence-electron chi connectivity index (χ2n) is 12.9. The monoisotopic (exact) mass is 608 g/mol. The first kappa shape index (κ1) is 31.7. The Kier molecular flexibility index (Phi) is 9.66. The van der Waals surface area contributed by atoms with Crippen molar-refractivity contribution in [3.8, 4) is 5.75 Å². The van der Waals surface area contributed by atoms with Crippen LogP contribution in [-0.2, 0) is 11.2 Å². The molecule has 3 unspecified atom stereocenters. The first-order valence-corrected chi connectivity index (χ1v) is 15.3. The van der Waals surface area contributed by atoms with Crippen LogP contribution in [0.1, 0.15) is 61.1 Å². The van der Waals surface area contributed by atoms with Gasteiger partial charge in [0.05, 0.1) is 0 Å². The van der Waals surface area contributed by atoms with Gasteiger partial charge in [0.25, 0.3) is 5.92 Å². The van der Waals surface area contributed by atoms with Gasteiger partial charge in [-0.25, -0.2) is 8.78 Å². The van der Waals surface area contributed by atoms with E-state index in [1.54, 1.807) is 0 Å². The standard InChI is InChI=1S/C33H41F5N2O3/c1-22-3-2-4-26(15-22)29-21-40(30(31(41)42)16-23-5-6-23)20-27(29)19-39-13-11-25(12-14-39)18-32(34,35)17-24-7-9-28(10-8-24)43-33(36,37)38/h2-4,7-10,15,23,25,27,29-30H,5-6,11-14,16-21H2,1H3,(H,41,42). The lowest BCUT2D eigenvalue weighted by atomic mass is 9.86. The SMILES string of the molecule is Cc1cccc(C2CN(C(CC3CC3)C(=O)O)CC2CN2CCC(CC(F)(F)Cc3ccc(OC(F)(F)F)cc3)CC2)c1. The van der Waals surface area contributed by atoms with Gasteiger partial charge in [0.1, 0.15) is 11.8 Å². The molecule has 2 saturated heterocycles. The normalized spacial score (nSPS) is 23.4. The van der Waals surface area contributed by atoms with E-state index in [0.717, 1.165) is 31.5 Å². The van der Waals surface area contributed by atoms with E-state index >= 15 is 0 Å². The molecule has 2 aliphatic heterocycles. The molecule has 43 heavy (non-hydrogen) atoms. The summed E-state index contributed by atoms with van der Waals surface area (Å²) in [5.41, 5.74) is 2.68. The molecular formula is C33H41F5N2O3. The molecule has 1 N–H and O–H groups in total. The molecule has 0 amide bonds. The fraction of sp³-hybridized carbons (Fsp3) is 0.606. The van der Waals surface area contributed by atoms with Gasteiger partial charge in [0.2, 0.25) is 0 Å². The summed E-state index contributed by atoms with van der Waals surface area (Å²) in [6, 6.07) is 12.6. The number of hydrogen-bond donors (Lipinski definition) is 1. The second kappa shape index (κ2) is 13.1. The number of hydrogen-bond acceptors (Lipinski definition) is 4. The summed E-state index contributed by atoms with van der Waals surface area (Å²) in [6.07, 6.45) is -1.38. The minimum Gasteiger partial charge on any atom is -0.480 e. The van der Waals surface area contributed by atoms with Crippen LogP contribution in [0.3, 0.4) is 0 Å². The van der Waals surface area contributed by atoms with E-state index in [1.165, 1.54) is 23.3 Å². The fourth-order valence-electron chi connectivity index (χ4n) is 7.00. The minimum atomic E-state index is -4.82. The van der Waals surface area contributed by atoms with E-state index in [2.05, 4.69) is 45.7 Å². The van der Waals surface area contributed by atoms with Crippen molar-refractivity contribution in [2.45, 2.75) is 76.1 Å². The summed E-state index contributed by atoms with van der Waals surface area (Å²) in [5, 5.41) is 10.0. The summed E-state index contributed by atoms with van der Waals surface area (Å²) < 4.78 is 70.9. The largest absolute Gasteiger partial charge is 0.573 e. The van der Waals surface area contributed by atoms with Crippen LogP contribution in [-0.4, -0.2) is 71.9 Å². The van der Waals surface area contributed by atoms with Crippen molar-refractivity contribution in [2.75, 3.05) is 32.7 Å². The minimum absolute atomic E-state index is 0.137. The van der Waals surface area contributed by atoms with Crippen molar-refractivity contribution in [3.63, 3.8) is 0 Å². The van der Waals surface area contributed by atoms with Gasteiger partial charge in [-0.15, -0.1) is 13.2 Å². The van der Waals surface area contributed by atoms with Crippen LogP contribution in [0.5, 0.6) is 5.75 Å². The van der Waals surface area contributed by atoms with Gasteiger partial charge in [0.15, 0.2) is 0 Å². The molecule has 236 valence electrons. The number of halogens is 5. The molecule has 1 saturated carbocycles. The van der Waals surface area contributed by atoms with Crippen LogP contribution < -0.4 is 4.74 Å². The van der Waals surface area contributed by atoms with Gasteiger partial charge >= 0.3 is 12.3 Å². The number of carboxylic acid groups (broad SMARTS) is 1. The molecule has 1 aliphatic carbocycles. The molecule has 3 fully saturated rings. The lowest BCUT2D eigenvalue weighted by molar-refractivity contribution is -0.274. The van der Waals surface area contributed by atoms with Gasteiger partial charge in [-0.3, -0.25) is 9.69 Å². The number of aliphatic carboxylic acids is 1. The maximum absolute atomic E-state index is 15.0. The molecule has 2 heterocycles. The number of carbonyl (C=O) groups is 1. The Bertz CT molecular complexity index is 1230. The number of benzene rings is 2. The van der Waals surface area contributed by atoms with Crippen molar-refractivity contribution in [3.05, 3.63) is 65.2 Å². The third kappa shape index (κ3) is 9.14. The molecule has 2 aromatic rings. The highest BCUT2D eigenvalue weighted by molar-refractivity contribution is 5.73. The van der Waals surface area contributed by atoms with Gasteiger partial charge in [-0.1, -0.05) is 54.8 Å². The number of carboxylic acids is 1. The molecule has 2 aromatic carbocycles. The number of ether oxygens (including phenoxy) is 1. The molecule has 3 aliphatic rings. The molecular weight excluding hydrogens is 567 g/mol. The third-order valence-corrected chi connectivity index (χ3v) is 9.33. The van der Waals surface area contributed by atoms with E-state index in [0.29, 0.717) is 51.4 Å². The Labute approximate surface area is 250 Å². The first-order valence-electron chi connectivity index (χ1n) is 15.3. The van der Waals surface area contributed by atoms with Crippen LogP contribution in [0.15, 0.2) is 48.5 Å². The highest BCUT2D eigenvalue weighted by Crippen LogP contribution is 2.40. The smallest absolute Gasteiger partial charge is 0.480 e. The summed E-state index contributed by atoms with van der Waals surface area (Å²) in [5.74, 6) is -3.29. The zero-order valence-corrected chi connectivity index (χ0v) is 24.5. The van der Waals surface area contributed by atoms with E-state index in [4.69, 9.17) is 0 Å². The van der Waals surface area contributed by atoms with Crippen molar-refractivity contribution < 1.29 is 36.6 Å². The van der Waals surface area contributed by atoms with E-state index in [1.807, 2.05) is 0 Å². The Morgan fingerprint density at radius 3 is 2.28 bits per heavy atom. The molecule has 0 radical (unpaired) electrons. The number of piperidine rings is 1. The maximum Gasteiger partial charge on any atom is 0.573 e. The van der Waals surface area contributed by atoms with Crippen molar-refractivity contribution >= 4 is 5.97 Å². The average Bonchev–Trinajstić information content (AvgIpc) is 3.66. The summed E-state index contributed by atoms with van der Waals surface area (Å²) in [6.45, 7) is 5.73. The van der Waals surface area contributed by atoms with Crippen LogP contribution in [0.4, 0.5) is 22.0 Å². The number of likely N-dealkylation sites (tertiary alicyclic amines) is 2. The summed E-state index contributed by atoms with van der Waals surface area (Å²) in [7, 11) is 0.